The molecule has 19 heavy (non-hydrogen) atoms. The molecule has 2 rings (SSSR count). The highest BCUT2D eigenvalue weighted by atomic mass is 15.2. The number of anilines is 1. The van der Waals surface area contributed by atoms with Gasteiger partial charge in [-0.1, -0.05) is 19.9 Å². The predicted molar refractivity (Wildman–Crippen MR) is 78.6 cm³/mol. The highest BCUT2D eigenvalue weighted by Crippen LogP contribution is 2.13. The second kappa shape index (κ2) is 5.87. The van der Waals surface area contributed by atoms with Crippen molar-refractivity contribution in [2.24, 2.45) is 0 Å². The van der Waals surface area contributed by atoms with Crippen molar-refractivity contribution in [3.05, 3.63) is 41.0 Å². The van der Waals surface area contributed by atoms with E-state index in [1.54, 1.807) is 0 Å². The summed E-state index contributed by atoms with van der Waals surface area (Å²) in [6, 6.07) is 6.50. The summed E-state index contributed by atoms with van der Waals surface area (Å²) < 4.78 is 0. The number of hydrogen-bond acceptors (Lipinski definition) is 3. The number of rotatable bonds is 5. The van der Waals surface area contributed by atoms with Crippen LogP contribution in [-0.4, -0.2) is 21.7 Å². The highest BCUT2D eigenvalue weighted by Gasteiger charge is 2.06. The summed E-state index contributed by atoms with van der Waals surface area (Å²) in [5.74, 6) is 2.21. The Morgan fingerprint density at radius 2 is 1.84 bits per heavy atom. The average Bonchev–Trinajstić information content (AvgIpc) is 2.76. The van der Waals surface area contributed by atoms with E-state index < -0.39 is 0 Å². The summed E-state index contributed by atoms with van der Waals surface area (Å²) in [5.41, 5.74) is 3.73. The first kappa shape index (κ1) is 13.6. The van der Waals surface area contributed by atoms with Crippen LogP contribution in [0.25, 0.3) is 0 Å². The minimum absolute atomic E-state index is 0.373. The largest absolute Gasteiger partial charge is 0.385 e. The topological polar surface area (TPSA) is 53.6 Å². The molecule has 1 aromatic heterocycles. The number of hydrogen-bond donors (Lipinski definition) is 2. The second-order valence-corrected chi connectivity index (χ2v) is 5.35. The number of aryl methyl sites for hydroxylation is 2. The molecule has 0 amide bonds. The van der Waals surface area contributed by atoms with Gasteiger partial charge in [0.05, 0.1) is 0 Å². The normalized spacial score (nSPS) is 11.0. The van der Waals surface area contributed by atoms with Crippen molar-refractivity contribution in [3.63, 3.8) is 0 Å². The van der Waals surface area contributed by atoms with E-state index in [0.717, 1.165) is 24.6 Å². The van der Waals surface area contributed by atoms with Crippen LogP contribution < -0.4 is 5.32 Å². The van der Waals surface area contributed by atoms with Gasteiger partial charge in [-0.05, 0) is 37.1 Å². The fourth-order valence-corrected chi connectivity index (χ4v) is 2.08. The van der Waals surface area contributed by atoms with Gasteiger partial charge in [0.15, 0.2) is 5.82 Å². The Morgan fingerprint density at radius 3 is 2.42 bits per heavy atom. The maximum absolute atomic E-state index is 4.47. The van der Waals surface area contributed by atoms with Crippen LogP contribution in [0, 0.1) is 13.8 Å². The Bertz CT molecular complexity index is 523. The molecule has 0 aliphatic heterocycles. The predicted octanol–water partition coefficient (Wildman–Crippen LogP) is 3.20. The summed E-state index contributed by atoms with van der Waals surface area (Å²) in [4.78, 5) is 4.47. The number of aromatic nitrogens is 3. The van der Waals surface area contributed by atoms with Gasteiger partial charge in [0.1, 0.15) is 5.82 Å². The van der Waals surface area contributed by atoms with Gasteiger partial charge in [-0.3, -0.25) is 5.10 Å². The molecule has 4 heteroatoms. The third-order valence-corrected chi connectivity index (χ3v) is 2.98. The number of nitrogens with one attached hydrogen (secondary N) is 2. The van der Waals surface area contributed by atoms with Gasteiger partial charge < -0.3 is 5.32 Å². The van der Waals surface area contributed by atoms with Gasteiger partial charge in [-0.15, -0.1) is 0 Å². The monoisotopic (exact) mass is 258 g/mol. The Balaban J connectivity index is 1.88. The van der Waals surface area contributed by atoms with Gasteiger partial charge in [-0.25, -0.2) is 4.98 Å². The first-order valence-corrected chi connectivity index (χ1v) is 6.78. The van der Waals surface area contributed by atoms with Crippen molar-refractivity contribution in [1.82, 2.24) is 15.2 Å². The van der Waals surface area contributed by atoms with E-state index in [9.17, 15) is 0 Å². The molecule has 0 atom stereocenters. The van der Waals surface area contributed by atoms with E-state index in [-0.39, 0.29) is 0 Å². The maximum atomic E-state index is 4.47. The molecule has 2 aromatic rings. The van der Waals surface area contributed by atoms with Crippen molar-refractivity contribution in [2.45, 2.75) is 40.0 Å². The van der Waals surface area contributed by atoms with Gasteiger partial charge in [0.2, 0.25) is 0 Å². The Labute approximate surface area is 114 Å². The molecule has 2 N–H and O–H groups in total. The lowest BCUT2D eigenvalue weighted by Gasteiger charge is -2.07. The maximum Gasteiger partial charge on any atom is 0.153 e. The molecule has 0 aliphatic carbocycles. The molecule has 4 nitrogen and oxygen atoms in total. The fraction of sp³-hybridized carbons (Fsp3) is 0.467. The van der Waals surface area contributed by atoms with Gasteiger partial charge in [-0.2, -0.15) is 5.10 Å². The number of benzene rings is 1. The SMILES string of the molecule is Cc1cc(C)cc(NCCc2nc(C(C)C)n[nH]2)c1. The quantitative estimate of drug-likeness (QED) is 0.866. The van der Waals surface area contributed by atoms with Crippen LogP contribution in [0.2, 0.25) is 0 Å². The molecule has 102 valence electrons. The third kappa shape index (κ3) is 3.81. The number of H-pyrrole nitrogens is 1. The summed E-state index contributed by atoms with van der Waals surface area (Å²) in [7, 11) is 0. The van der Waals surface area contributed by atoms with Crippen molar-refractivity contribution in [3.8, 4) is 0 Å². The number of nitrogens with zero attached hydrogens (tertiary/aromatic N) is 2. The zero-order valence-electron chi connectivity index (χ0n) is 12.1. The van der Waals surface area contributed by atoms with Crippen LogP contribution in [0.4, 0.5) is 5.69 Å². The molecule has 0 radical (unpaired) electrons. The van der Waals surface area contributed by atoms with E-state index in [1.807, 2.05) is 0 Å². The van der Waals surface area contributed by atoms with E-state index in [1.165, 1.54) is 16.8 Å². The van der Waals surface area contributed by atoms with E-state index >= 15 is 0 Å². The fourth-order valence-electron chi connectivity index (χ4n) is 2.08. The summed E-state index contributed by atoms with van der Waals surface area (Å²) in [5, 5.41) is 10.6. The van der Waals surface area contributed by atoms with Crippen molar-refractivity contribution >= 4 is 5.69 Å². The molecule has 0 fully saturated rings. The second-order valence-electron chi connectivity index (χ2n) is 5.35. The summed E-state index contributed by atoms with van der Waals surface area (Å²) in [6.45, 7) is 9.28. The minimum atomic E-state index is 0.373. The molecule has 0 aliphatic rings. The van der Waals surface area contributed by atoms with Crippen LogP contribution in [-0.2, 0) is 6.42 Å². The molecule has 1 aromatic carbocycles. The third-order valence-electron chi connectivity index (χ3n) is 2.98. The van der Waals surface area contributed by atoms with E-state index in [2.05, 4.69) is 66.4 Å². The molecule has 0 saturated carbocycles. The standard InChI is InChI=1S/C15H22N4/c1-10(2)15-17-14(18-19-15)5-6-16-13-8-11(3)7-12(4)9-13/h7-10,16H,5-6H2,1-4H3,(H,17,18,19). The lowest BCUT2D eigenvalue weighted by atomic mass is 10.1. The molecule has 0 spiro atoms. The summed E-state index contributed by atoms with van der Waals surface area (Å²) >= 11 is 0. The first-order chi connectivity index (χ1) is 9.04. The molecular weight excluding hydrogens is 236 g/mol. The van der Waals surface area contributed by atoms with E-state index in [0.29, 0.717) is 5.92 Å². The van der Waals surface area contributed by atoms with Crippen LogP contribution in [0.15, 0.2) is 18.2 Å². The van der Waals surface area contributed by atoms with Crippen molar-refractivity contribution in [1.29, 1.82) is 0 Å². The van der Waals surface area contributed by atoms with Gasteiger partial charge in [0, 0.05) is 24.6 Å². The molecule has 0 unspecified atom stereocenters. The van der Waals surface area contributed by atoms with Gasteiger partial charge >= 0.3 is 0 Å². The zero-order valence-corrected chi connectivity index (χ0v) is 12.1. The molecule has 0 saturated heterocycles. The van der Waals surface area contributed by atoms with Gasteiger partial charge in [0.25, 0.3) is 0 Å². The average molecular weight is 258 g/mol. The molecular formula is C15H22N4. The van der Waals surface area contributed by atoms with Crippen molar-refractivity contribution in [2.75, 3.05) is 11.9 Å². The molecule has 1 heterocycles. The molecule has 0 bridgehead atoms. The lowest BCUT2D eigenvalue weighted by Crippen LogP contribution is -2.06. The Morgan fingerprint density at radius 1 is 1.16 bits per heavy atom. The Kier molecular flexibility index (Phi) is 4.20. The van der Waals surface area contributed by atoms with Crippen LogP contribution in [0.3, 0.4) is 0 Å². The lowest BCUT2D eigenvalue weighted by molar-refractivity contribution is 0.780. The highest BCUT2D eigenvalue weighted by molar-refractivity contribution is 5.48. The smallest absolute Gasteiger partial charge is 0.153 e. The number of aromatic amines is 1. The first-order valence-electron chi connectivity index (χ1n) is 6.78. The summed E-state index contributed by atoms with van der Waals surface area (Å²) in [6.07, 6.45) is 0.854. The Hall–Kier alpha value is -1.84. The van der Waals surface area contributed by atoms with Crippen LogP contribution in [0.1, 0.15) is 42.5 Å². The van der Waals surface area contributed by atoms with Crippen molar-refractivity contribution < 1.29 is 0 Å². The van der Waals surface area contributed by atoms with Crippen LogP contribution in [0.5, 0.6) is 0 Å². The van der Waals surface area contributed by atoms with Crippen LogP contribution >= 0.6 is 0 Å². The zero-order chi connectivity index (χ0) is 13.8. The minimum Gasteiger partial charge on any atom is -0.385 e. The van der Waals surface area contributed by atoms with E-state index in [4.69, 9.17) is 0 Å².